The zero-order valence-electron chi connectivity index (χ0n) is 23.7. The van der Waals surface area contributed by atoms with Crippen LogP contribution in [0.5, 0.6) is 0 Å². The molecule has 4 nitrogen and oxygen atoms in total. The van der Waals surface area contributed by atoms with Crippen LogP contribution in [0.1, 0.15) is 58.1 Å². The number of aromatic nitrogens is 1. The molecule has 2 unspecified atom stereocenters. The number of piperidine rings is 1. The van der Waals surface area contributed by atoms with E-state index >= 15 is 0 Å². The van der Waals surface area contributed by atoms with Gasteiger partial charge in [0.15, 0.2) is 0 Å². The number of rotatable bonds is 6. The quantitative estimate of drug-likeness (QED) is 0.412. The third-order valence-corrected chi connectivity index (χ3v) is 7.88. The van der Waals surface area contributed by atoms with Gasteiger partial charge in [0.05, 0.1) is 26.9 Å². The van der Waals surface area contributed by atoms with Gasteiger partial charge in [-0.15, -0.1) is 0 Å². The second kappa shape index (κ2) is 11.7. The van der Waals surface area contributed by atoms with Crippen LogP contribution < -0.4 is 16.0 Å². The Morgan fingerprint density at radius 1 is 1.16 bits per heavy atom. The molecule has 5 rings (SSSR count). The van der Waals surface area contributed by atoms with Crippen LogP contribution in [0.25, 0.3) is 27.7 Å². The Hall–Kier alpha value is -2.56. The van der Waals surface area contributed by atoms with Crippen molar-refractivity contribution in [2.45, 2.75) is 64.6 Å². The average Bonchev–Trinajstić information content (AvgIpc) is 3.30. The van der Waals surface area contributed by atoms with Gasteiger partial charge in [-0.1, -0.05) is 69.0 Å². The van der Waals surface area contributed by atoms with Crippen LogP contribution in [0.4, 0.5) is 5.69 Å². The van der Waals surface area contributed by atoms with Crippen LogP contribution in [-0.2, 0) is 6.42 Å². The fraction of sp³-hybridized carbons (Fsp3) is 0.469. The summed E-state index contributed by atoms with van der Waals surface area (Å²) in [5.74, 6) is 0. The van der Waals surface area contributed by atoms with Crippen molar-refractivity contribution in [2.24, 2.45) is 11.1 Å². The average molecular weight is 504 g/mol. The monoisotopic (exact) mass is 504 g/mol. The summed E-state index contributed by atoms with van der Waals surface area (Å²) in [6.45, 7) is 16.4. The summed E-state index contributed by atoms with van der Waals surface area (Å²) >= 11 is 0. The van der Waals surface area contributed by atoms with Crippen LogP contribution in [0.15, 0.2) is 55.1 Å². The van der Waals surface area contributed by atoms with Crippen molar-refractivity contribution in [3.05, 3.63) is 66.2 Å². The second-order valence-electron chi connectivity index (χ2n) is 11.4. The molecule has 6 heteroatoms. The minimum atomic E-state index is -0.762. The highest BCUT2D eigenvalue weighted by molar-refractivity contribution is 6.39. The van der Waals surface area contributed by atoms with Gasteiger partial charge in [0.1, 0.15) is 0 Å². The molecule has 2 aliphatic rings. The molecule has 1 spiro atoms. The van der Waals surface area contributed by atoms with Gasteiger partial charge in [-0.05, 0) is 68.0 Å². The lowest BCUT2D eigenvalue weighted by atomic mass is 9.53. The SMILES string of the molecule is CC.[B]C([B])(C)Cc1ccc2c(N3CCC4(CCCNC4)C3)cc(-c3ccc(C(=C)C(C)N)cc3)nc2c1. The van der Waals surface area contributed by atoms with E-state index in [1.807, 2.05) is 27.7 Å². The van der Waals surface area contributed by atoms with Crippen molar-refractivity contribution in [3.63, 3.8) is 0 Å². The molecule has 0 amide bonds. The molecular formula is C32H42B2N4. The van der Waals surface area contributed by atoms with Crippen molar-refractivity contribution >= 4 is 37.9 Å². The number of hydrogen-bond donors (Lipinski definition) is 2. The first kappa shape index (κ1) is 28.4. The fourth-order valence-electron chi connectivity index (χ4n) is 5.85. The number of pyridine rings is 1. The van der Waals surface area contributed by atoms with Crippen LogP contribution >= 0.6 is 0 Å². The van der Waals surface area contributed by atoms with E-state index in [1.54, 1.807) is 0 Å². The third kappa shape index (κ3) is 6.35. The Morgan fingerprint density at radius 2 is 1.89 bits per heavy atom. The first-order valence-electron chi connectivity index (χ1n) is 14.1. The Bertz CT molecular complexity index is 1250. The van der Waals surface area contributed by atoms with Crippen LogP contribution in [-0.4, -0.2) is 52.9 Å². The van der Waals surface area contributed by atoms with E-state index in [0.717, 1.165) is 59.7 Å². The van der Waals surface area contributed by atoms with Gasteiger partial charge >= 0.3 is 0 Å². The number of hydrogen-bond acceptors (Lipinski definition) is 4. The van der Waals surface area contributed by atoms with Crippen molar-refractivity contribution < 1.29 is 0 Å². The largest absolute Gasteiger partial charge is 0.370 e. The molecule has 3 N–H and O–H groups in total. The first-order chi connectivity index (χ1) is 18.1. The van der Waals surface area contributed by atoms with Crippen molar-refractivity contribution in [1.29, 1.82) is 0 Å². The predicted molar refractivity (Wildman–Crippen MR) is 166 cm³/mol. The Morgan fingerprint density at radius 3 is 2.53 bits per heavy atom. The third-order valence-electron chi connectivity index (χ3n) is 7.88. The standard InChI is InChI=1S/C30H36B2N4.C2H6/c1-20(21(2)33)23-6-8-24(9-7-23)26-16-28(36-14-12-30(19-36)11-4-13-34-18-30)25-10-5-22(15-27(25)35-26)17-29(3,31)32;1-2/h5-10,15-16,21,34H,1,4,11-14,17-19,33H2,2-3H3;1-2H3. The summed E-state index contributed by atoms with van der Waals surface area (Å²) in [4.78, 5) is 7.69. The molecule has 0 bridgehead atoms. The molecule has 3 heterocycles. The molecule has 2 saturated heterocycles. The molecule has 0 saturated carbocycles. The summed E-state index contributed by atoms with van der Waals surface area (Å²) in [6.07, 6.45) is 4.38. The number of nitrogens with zero attached hydrogens (tertiary/aromatic N) is 2. The van der Waals surface area contributed by atoms with Gasteiger partial charge in [0, 0.05) is 47.7 Å². The van der Waals surface area contributed by atoms with E-state index in [2.05, 4.69) is 65.3 Å². The van der Waals surface area contributed by atoms with Gasteiger partial charge in [0.2, 0.25) is 0 Å². The van der Waals surface area contributed by atoms with Gasteiger partial charge in [-0.25, -0.2) is 4.98 Å². The molecule has 3 aromatic rings. The minimum Gasteiger partial charge on any atom is -0.370 e. The molecule has 0 aliphatic carbocycles. The van der Waals surface area contributed by atoms with E-state index in [1.165, 1.54) is 30.3 Å². The first-order valence-corrected chi connectivity index (χ1v) is 14.1. The number of anilines is 1. The highest BCUT2D eigenvalue weighted by Crippen LogP contribution is 2.41. The number of benzene rings is 2. The van der Waals surface area contributed by atoms with E-state index in [9.17, 15) is 0 Å². The zero-order valence-corrected chi connectivity index (χ0v) is 23.7. The van der Waals surface area contributed by atoms with E-state index < -0.39 is 5.21 Å². The molecule has 2 aliphatic heterocycles. The Balaban J connectivity index is 0.00000164. The topological polar surface area (TPSA) is 54.2 Å². The maximum atomic E-state index is 6.13. The normalized spacial score (nSPS) is 20.3. The summed E-state index contributed by atoms with van der Waals surface area (Å²) in [6, 6.07) is 17.1. The van der Waals surface area contributed by atoms with Crippen LogP contribution in [0.3, 0.4) is 0 Å². The van der Waals surface area contributed by atoms with Crippen molar-refractivity contribution in [1.82, 2.24) is 10.3 Å². The molecule has 2 aromatic carbocycles. The van der Waals surface area contributed by atoms with Crippen LogP contribution in [0, 0.1) is 5.41 Å². The van der Waals surface area contributed by atoms with Crippen molar-refractivity contribution in [3.8, 4) is 11.3 Å². The number of nitrogens with two attached hydrogens (primary N) is 1. The molecular weight excluding hydrogens is 462 g/mol. The molecule has 38 heavy (non-hydrogen) atoms. The molecule has 2 fully saturated rings. The van der Waals surface area contributed by atoms with E-state index in [4.69, 9.17) is 26.4 Å². The summed E-state index contributed by atoms with van der Waals surface area (Å²) in [5.41, 5.74) is 13.8. The molecule has 196 valence electrons. The van der Waals surface area contributed by atoms with Gasteiger partial charge in [0.25, 0.3) is 0 Å². The highest BCUT2D eigenvalue weighted by atomic mass is 15.2. The maximum absolute atomic E-state index is 6.13. The summed E-state index contributed by atoms with van der Waals surface area (Å²) in [5, 5.41) is 4.06. The molecule has 2 atom stereocenters. The van der Waals surface area contributed by atoms with Gasteiger partial charge in [-0.3, -0.25) is 0 Å². The lowest BCUT2D eigenvalue weighted by molar-refractivity contribution is 0.239. The summed E-state index contributed by atoms with van der Waals surface area (Å²) in [7, 11) is 12.3. The van der Waals surface area contributed by atoms with Gasteiger partial charge in [-0.2, -0.15) is 0 Å². The maximum Gasteiger partial charge on any atom is 0.0733 e. The van der Waals surface area contributed by atoms with Crippen LogP contribution in [0.2, 0.25) is 5.21 Å². The van der Waals surface area contributed by atoms with E-state index in [-0.39, 0.29) is 6.04 Å². The molecule has 1 aromatic heterocycles. The summed E-state index contributed by atoms with van der Waals surface area (Å²) < 4.78 is 0. The lowest BCUT2D eigenvalue weighted by Crippen LogP contribution is -2.41. The lowest BCUT2D eigenvalue weighted by Gasteiger charge is -2.34. The Labute approximate surface area is 232 Å². The second-order valence-corrected chi connectivity index (χ2v) is 11.4. The molecule has 4 radical (unpaired) electrons. The predicted octanol–water partition coefficient (Wildman–Crippen LogP) is 5.88. The minimum absolute atomic E-state index is 0.0767. The number of fused-ring (bicyclic) bond motifs is 1. The highest BCUT2D eigenvalue weighted by Gasteiger charge is 2.39. The van der Waals surface area contributed by atoms with Gasteiger partial charge < -0.3 is 16.0 Å². The number of nitrogens with one attached hydrogen (secondary N) is 1. The smallest absolute Gasteiger partial charge is 0.0733 e. The van der Waals surface area contributed by atoms with E-state index in [0.29, 0.717) is 11.8 Å². The Kier molecular flexibility index (Phi) is 8.74. The zero-order chi connectivity index (χ0) is 27.5. The van der Waals surface area contributed by atoms with Crippen molar-refractivity contribution in [2.75, 3.05) is 31.1 Å². The fourth-order valence-corrected chi connectivity index (χ4v) is 5.85.